The Labute approximate surface area is 216 Å². The summed E-state index contributed by atoms with van der Waals surface area (Å²) in [6.07, 6.45) is 9.12. The molecule has 0 radical (unpaired) electrons. The van der Waals surface area contributed by atoms with Crippen LogP contribution in [0.4, 0.5) is 0 Å². The number of halogens is 2. The standard InChI is InChI=1S/C27H32Cl2N2O4/c1-16-12-21(28)25(22(29)13-16)26(32)31-24(27(33)34)10-11-35-20-14-17(15-20)6-8-19-9-7-18-4-2-3-5-23(18)30-19/h7,9,12-13,17,20,24H,2-6,8,10-11,14-15H2,1H3,(H,31,32)(H,33,34). The van der Waals surface area contributed by atoms with Crippen molar-refractivity contribution in [2.24, 2.45) is 5.92 Å². The Bertz CT molecular complexity index is 1060. The fourth-order valence-electron chi connectivity index (χ4n) is 4.92. The number of pyridine rings is 1. The van der Waals surface area contributed by atoms with E-state index in [9.17, 15) is 14.7 Å². The van der Waals surface area contributed by atoms with E-state index in [1.54, 1.807) is 12.1 Å². The highest BCUT2D eigenvalue weighted by Crippen LogP contribution is 2.34. The van der Waals surface area contributed by atoms with E-state index in [-0.39, 0.29) is 34.7 Å². The Balaban J connectivity index is 1.18. The monoisotopic (exact) mass is 518 g/mol. The Hall–Kier alpha value is -2.15. The van der Waals surface area contributed by atoms with Crippen molar-refractivity contribution in [3.63, 3.8) is 0 Å². The van der Waals surface area contributed by atoms with Gasteiger partial charge in [0.05, 0.1) is 21.7 Å². The first-order chi connectivity index (χ1) is 16.8. The van der Waals surface area contributed by atoms with Gasteiger partial charge < -0.3 is 15.2 Å². The van der Waals surface area contributed by atoms with Gasteiger partial charge in [-0.05, 0) is 93.5 Å². The summed E-state index contributed by atoms with van der Waals surface area (Å²) in [6.45, 7) is 2.07. The SMILES string of the molecule is Cc1cc(Cl)c(C(=O)NC(CCOC2CC(CCc3ccc4c(n3)CCCC4)C2)C(=O)O)c(Cl)c1. The third kappa shape index (κ3) is 6.75. The number of benzene rings is 1. The van der Waals surface area contributed by atoms with Crippen molar-refractivity contribution in [3.05, 3.63) is 62.4 Å². The number of aromatic nitrogens is 1. The summed E-state index contributed by atoms with van der Waals surface area (Å²) in [7, 11) is 0. The van der Waals surface area contributed by atoms with Crippen LogP contribution in [-0.2, 0) is 28.8 Å². The van der Waals surface area contributed by atoms with Crippen LogP contribution in [0.2, 0.25) is 10.0 Å². The molecule has 4 rings (SSSR count). The molecule has 6 nitrogen and oxygen atoms in total. The number of amides is 1. The van der Waals surface area contributed by atoms with Crippen LogP contribution < -0.4 is 5.32 Å². The van der Waals surface area contributed by atoms with E-state index in [1.165, 1.54) is 29.8 Å². The second-order valence-corrected chi connectivity index (χ2v) is 10.6. The number of carbonyl (C=O) groups excluding carboxylic acids is 1. The van der Waals surface area contributed by atoms with Gasteiger partial charge in [0.1, 0.15) is 6.04 Å². The lowest BCUT2D eigenvalue weighted by atomic mass is 9.79. The minimum atomic E-state index is -1.12. The fourth-order valence-corrected chi connectivity index (χ4v) is 5.69. The van der Waals surface area contributed by atoms with Crippen molar-refractivity contribution in [1.82, 2.24) is 10.3 Å². The number of nitrogens with one attached hydrogen (secondary N) is 1. The Kier molecular flexibility index (Phi) is 8.68. The number of aryl methyl sites for hydroxylation is 4. The molecule has 1 heterocycles. The minimum absolute atomic E-state index is 0.0846. The number of nitrogens with zero attached hydrogens (tertiary/aromatic N) is 1. The van der Waals surface area contributed by atoms with Gasteiger partial charge in [0, 0.05) is 24.4 Å². The van der Waals surface area contributed by atoms with Crippen LogP contribution in [0.5, 0.6) is 0 Å². The molecular weight excluding hydrogens is 487 g/mol. The van der Waals surface area contributed by atoms with Gasteiger partial charge in [-0.1, -0.05) is 29.3 Å². The number of rotatable bonds is 10. The molecule has 1 aromatic heterocycles. The molecule has 1 saturated carbocycles. The number of carbonyl (C=O) groups is 2. The van der Waals surface area contributed by atoms with Crippen molar-refractivity contribution in [2.45, 2.75) is 76.9 Å². The zero-order valence-corrected chi connectivity index (χ0v) is 21.5. The molecule has 2 aromatic rings. The Morgan fingerprint density at radius 3 is 2.60 bits per heavy atom. The maximum Gasteiger partial charge on any atom is 0.326 e. The third-order valence-corrected chi connectivity index (χ3v) is 7.61. The van der Waals surface area contributed by atoms with Crippen molar-refractivity contribution in [2.75, 3.05) is 6.61 Å². The fraction of sp³-hybridized carbons (Fsp3) is 0.519. The molecule has 0 saturated heterocycles. The van der Waals surface area contributed by atoms with Gasteiger partial charge in [0.2, 0.25) is 0 Å². The average molecular weight is 519 g/mol. The van der Waals surface area contributed by atoms with Crippen LogP contribution in [0.1, 0.15) is 71.4 Å². The average Bonchev–Trinajstić information content (AvgIpc) is 2.78. The maximum atomic E-state index is 12.6. The zero-order valence-electron chi connectivity index (χ0n) is 20.0. The van der Waals surface area contributed by atoms with Crippen LogP contribution in [0.3, 0.4) is 0 Å². The van der Waals surface area contributed by atoms with Crippen LogP contribution in [0.15, 0.2) is 24.3 Å². The van der Waals surface area contributed by atoms with E-state index >= 15 is 0 Å². The summed E-state index contributed by atoms with van der Waals surface area (Å²) < 4.78 is 5.88. The highest BCUT2D eigenvalue weighted by atomic mass is 35.5. The molecule has 1 aromatic carbocycles. The lowest BCUT2D eigenvalue weighted by molar-refractivity contribution is -0.140. The van der Waals surface area contributed by atoms with Crippen molar-refractivity contribution in [3.8, 4) is 0 Å². The predicted octanol–water partition coefficient (Wildman–Crippen LogP) is 5.58. The number of carboxylic acid groups (broad SMARTS) is 1. The van der Waals surface area contributed by atoms with Gasteiger partial charge in [-0.25, -0.2) is 4.79 Å². The summed E-state index contributed by atoms with van der Waals surface area (Å²) in [4.78, 5) is 29.1. The normalized spacial score (nSPS) is 20.0. The van der Waals surface area contributed by atoms with Crippen molar-refractivity contribution >= 4 is 35.1 Å². The summed E-state index contributed by atoms with van der Waals surface area (Å²) in [6, 6.07) is 6.59. The molecule has 2 N–H and O–H groups in total. The first kappa shape index (κ1) is 25.9. The van der Waals surface area contributed by atoms with Gasteiger partial charge in [0.25, 0.3) is 5.91 Å². The first-order valence-electron chi connectivity index (χ1n) is 12.4. The summed E-state index contributed by atoms with van der Waals surface area (Å²) >= 11 is 12.3. The number of hydrogen-bond donors (Lipinski definition) is 2. The van der Waals surface area contributed by atoms with E-state index < -0.39 is 17.9 Å². The second-order valence-electron chi connectivity index (χ2n) is 9.74. The lowest BCUT2D eigenvalue weighted by Gasteiger charge is -2.35. The predicted molar refractivity (Wildman–Crippen MR) is 136 cm³/mol. The summed E-state index contributed by atoms with van der Waals surface area (Å²) in [5, 5.41) is 12.4. The van der Waals surface area contributed by atoms with E-state index in [0.717, 1.165) is 44.1 Å². The topological polar surface area (TPSA) is 88.5 Å². The molecule has 35 heavy (non-hydrogen) atoms. The number of fused-ring (bicyclic) bond motifs is 1. The molecule has 1 amide bonds. The van der Waals surface area contributed by atoms with Crippen molar-refractivity contribution < 1.29 is 19.4 Å². The van der Waals surface area contributed by atoms with Crippen LogP contribution in [0, 0.1) is 12.8 Å². The van der Waals surface area contributed by atoms with Gasteiger partial charge >= 0.3 is 5.97 Å². The number of ether oxygens (including phenoxy) is 1. The minimum Gasteiger partial charge on any atom is -0.480 e. The molecule has 1 atom stereocenters. The largest absolute Gasteiger partial charge is 0.480 e. The molecule has 0 aliphatic heterocycles. The summed E-state index contributed by atoms with van der Waals surface area (Å²) in [5.41, 5.74) is 4.79. The first-order valence-corrected chi connectivity index (χ1v) is 13.1. The second kappa shape index (κ2) is 11.7. The molecule has 0 spiro atoms. The molecule has 0 bridgehead atoms. The number of carboxylic acids is 1. The van der Waals surface area contributed by atoms with E-state index in [4.69, 9.17) is 32.9 Å². The van der Waals surface area contributed by atoms with Gasteiger partial charge in [-0.3, -0.25) is 9.78 Å². The zero-order chi connectivity index (χ0) is 24.9. The highest BCUT2D eigenvalue weighted by molar-refractivity contribution is 6.39. The van der Waals surface area contributed by atoms with Crippen molar-refractivity contribution in [1.29, 1.82) is 0 Å². The lowest BCUT2D eigenvalue weighted by Crippen LogP contribution is -2.42. The van der Waals surface area contributed by atoms with E-state index in [2.05, 4.69) is 17.4 Å². The molecule has 188 valence electrons. The molecule has 2 aliphatic rings. The molecular formula is C27H32Cl2N2O4. The van der Waals surface area contributed by atoms with E-state index in [1.807, 2.05) is 6.92 Å². The quantitative estimate of drug-likeness (QED) is 0.428. The van der Waals surface area contributed by atoms with Crippen LogP contribution in [-0.4, -0.2) is 40.7 Å². The third-order valence-electron chi connectivity index (χ3n) is 7.01. The smallest absolute Gasteiger partial charge is 0.326 e. The number of hydrogen-bond acceptors (Lipinski definition) is 4. The van der Waals surface area contributed by atoms with Gasteiger partial charge in [0.15, 0.2) is 0 Å². The molecule has 2 aliphatic carbocycles. The maximum absolute atomic E-state index is 12.6. The van der Waals surface area contributed by atoms with Crippen LogP contribution >= 0.6 is 23.2 Å². The Morgan fingerprint density at radius 2 is 1.89 bits per heavy atom. The molecule has 1 fully saturated rings. The Morgan fingerprint density at radius 1 is 1.17 bits per heavy atom. The van der Waals surface area contributed by atoms with Gasteiger partial charge in [-0.15, -0.1) is 0 Å². The highest BCUT2D eigenvalue weighted by Gasteiger charge is 2.30. The number of aliphatic carboxylic acids is 1. The molecule has 1 unspecified atom stereocenters. The summed E-state index contributed by atoms with van der Waals surface area (Å²) in [5.74, 6) is -1.11. The van der Waals surface area contributed by atoms with E-state index in [0.29, 0.717) is 5.92 Å². The van der Waals surface area contributed by atoms with Gasteiger partial charge in [-0.2, -0.15) is 0 Å². The molecule has 8 heteroatoms. The van der Waals surface area contributed by atoms with Crippen LogP contribution in [0.25, 0.3) is 0 Å².